The Hall–Kier alpha value is -14.3. The minimum absolute atomic E-state index is 0.0799. The molecule has 109 heavy (non-hydrogen) atoms. The molecule has 4 aliphatic rings. The predicted molar refractivity (Wildman–Crippen MR) is 461 cm³/mol. The zero-order valence-corrected chi connectivity index (χ0v) is 59.5. The Morgan fingerprint density at radius 1 is 0.211 bits per heavy atom. The van der Waals surface area contributed by atoms with E-state index in [1.165, 1.54) is 65.7 Å². The monoisotopic (exact) mass is 1390 g/mol. The second kappa shape index (κ2) is 25.2. The van der Waals surface area contributed by atoms with E-state index >= 15 is 0 Å². The van der Waals surface area contributed by atoms with Crippen LogP contribution >= 0.6 is 0 Å². The van der Waals surface area contributed by atoms with Crippen LogP contribution in [0.15, 0.2) is 406 Å². The van der Waals surface area contributed by atoms with Gasteiger partial charge in [-0.15, -0.1) is 0 Å². The molecule has 508 valence electrons. The Morgan fingerprint density at radius 3 is 1.16 bits per heavy atom. The Kier molecular flexibility index (Phi) is 14.4. The van der Waals surface area contributed by atoms with Crippen LogP contribution in [-0.4, -0.2) is 18.0 Å². The Bertz CT molecular complexity index is 6530. The van der Waals surface area contributed by atoms with Crippen LogP contribution in [-0.2, 0) is 0 Å². The van der Waals surface area contributed by atoms with E-state index in [4.69, 9.17) is 0 Å². The molecule has 5 heterocycles. The lowest BCUT2D eigenvalue weighted by molar-refractivity contribution is 1.18. The normalized spacial score (nSPS) is 12.8. The van der Waals surface area contributed by atoms with Crippen molar-refractivity contribution in [2.45, 2.75) is 0 Å². The first-order chi connectivity index (χ1) is 54.1. The van der Waals surface area contributed by atoms with E-state index in [0.717, 1.165) is 119 Å². The molecular formula is C100H67B2N7. The summed E-state index contributed by atoms with van der Waals surface area (Å²) >= 11 is 0. The van der Waals surface area contributed by atoms with Gasteiger partial charge in [-0.1, -0.05) is 249 Å². The quantitative estimate of drug-likeness (QED) is 0.113. The Morgan fingerprint density at radius 2 is 0.615 bits per heavy atom. The first kappa shape index (κ1) is 62.1. The minimum Gasteiger partial charge on any atom is -0.311 e. The molecule has 0 aliphatic carbocycles. The fourth-order valence-electron chi connectivity index (χ4n) is 18.4. The van der Waals surface area contributed by atoms with E-state index in [1.54, 1.807) is 0 Å². The zero-order chi connectivity index (χ0) is 71.6. The van der Waals surface area contributed by atoms with Crippen molar-refractivity contribution in [1.29, 1.82) is 0 Å². The van der Waals surface area contributed by atoms with Gasteiger partial charge in [-0.2, -0.15) is 0 Å². The number of rotatable bonds is 12. The molecule has 0 atom stereocenters. The molecule has 0 saturated heterocycles. The molecule has 22 rings (SSSR count). The summed E-state index contributed by atoms with van der Waals surface area (Å²) in [4.78, 5) is 15.0. The van der Waals surface area contributed by atoms with Gasteiger partial charge in [0.1, 0.15) is 0 Å². The van der Waals surface area contributed by atoms with E-state index in [2.05, 4.69) is 440 Å². The number of aromatic nitrogens is 1. The van der Waals surface area contributed by atoms with Crippen molar-refractivity contribution in [2.24, 2.45) is 0 Å². The summed E-state index contributed by atoms with van der Waals surface area (Å²) in [5.41, 5.74) is 33.0. The van der Waals surface area contributed by atoms with Gasteiger partial charge in [-0.3, -0.25) is 0 Å². The molecule has 18 aromatic rings. The Balaban J connectivity index is 0.779. The summed E-state index contributed by atoms with van der Waals surface area (Å²) in [5.74, 6) is 0. The van der Waals surface area contributed by atoms with Gasteiger partial charge >= 0.3 is 0 Å². The van der Waals surface area contributed by atoms with Crippen LogP contribution in [0.25, 0.3) is 49.4 Å². The number of hydrogen-bond acceptors (Lipinski definition) is 6. The molecule has 17 aromatic carbocycles. The molecule has 0 saturated carbocycles. The van der Waals surface area contributed by atoms with Crippen molar-refractivity contribution < 1.29 is 0 Å². The second-order valence-electron chi connectivity index (χ2n) is 28.7. The van der Waals surface area contributed by atoms with Gasteiger partial charge in [0, 0.05) is 107 Å². The van der Waals surface area contributed by atoms with Crippen LogP contribution in [0, 0.1) is 0 Å². The van der Waals surface area contributed by atoms with Crippen molar-refractivity contribution in [1.82, 2.24) is 4.57 Å². The highest BCUT2D eigenvalue weighted by Crippen LogP contribution is 2.53. The molecule has 1 aromatic heterocycles. The third-order valence-corrected chi connectivity index (χ3v) is 22.8. The maximum Gasteiger partial charge on any atom is 0.252 e. The van der Waals surface area contributed by atoms with Gasteiger partial charge in [0.25, 0.3) is 13.4 Å². The highest BCUT2D eigenvalue weighted by atomic mass is 15.2. The predicted octanol–water partition coefficient (Wildman–Crippen LogP) is 22.7. The lowest BCUT2D eigenvalue weighted by Gasteiger charge is -2.45. The molecule has 0 fully saturated rings. The highest BCUT2D eigenvalue weighted by Gasteiger charge is 2.47. The van der Waals surface area contributed by atoms with Crippen LogP contribution in [0.5, 0.6) is 0 Å². The number of nitrogens with zero attached hydrogens (tertiary/aromatic N) is 7. The van der Waals surface area contributed by atoms with Gasteiger partial charge in [-0.05, 0) is 207 Å². The molecule has 0 spiro atoms. The standard InChI is InChI=1S/C100H67B2N7/c1-9-34-70(35-10-1)103(71-36-11-2-12-37-71)78-62-94-99-95(63-78)109(77-48-23-8-24-49-77)93-67-92-83(66-86(93)101(99)84-52-28-31-55-88(84)105(94)73-40-15-4-16-41-73)82-59-57-69(61-91(82)108(92)76-46-21-7-22-47-76)80-50-27-30-54-87(80)104(72-38-13-3-14-39-72)79-64-96-100-97(65-79)107(75-44-19-6-20-45-75)90-60-58-68-33-25-26-51-81(68)98(90)102(100)85-53-29-32-56-89(85)106(96)74-42-17-5-18-43-74/h1-67H. The van der Waals surface area contributed by atoms with E-state index in [1.807, 2.05) is 0 Å². The topological polar surface area (TPSA) is 24.4 Å². The van der Waals surface area contributed by atoms with Crippen LogP contribution in [0.2, 0.25) is 0 Å². The average Bonchev–Trinajstić information content (AvgIpc) is 1.57. The minimum atomic E-state index is -0.144. The Labute approximate surface area is 634 Å². The van der Waals surface area contributed by atoms with E-state index in [9.17, 15) is 0 Å². The maximum atomic E-state index is 2.55. The molecule has 0 amide bonds. The third-order valence-electron chi connectivity index (χ3n) is 22.8. The fraction of sp³-hybridized carbons (Fsp3) is 0. The highest BCUT2D eigenvalue weighted by molar-refractivity contribution is 7.02. The average molecular weight is 1390 g/mol. The van der Waals surface area contributed by atoms with Crippen LogP contribution in [0.1, 0.15) is 0 Å². The van der Waals surface area contributed by atoms with Crippen molar-refractivity contribution in [3.8, 4) is 16.8 Å². The van der Waals surface area contributed by atoms with Crippen molar-refractivity contribution in [3.63, 3.8) is 0 Å². The van der Waals surface area contributed by atoms with E-state index in [-0.39, 0.29) is 13.4 Å². The second-order valence-corrected chi connectivity index (χ2v) is 28.7. The summed E-state index contributed by atoms with van der Waals surface area (Å²) < 4.78 is 2.52. The molecule has 0 N–H and O–H groups in total. The fourth-order valence-corrected chi connectivity index (χ4v) is 18.4. The molecule has 9 heteroatoms. The maximum absolute atomic E-state index is 2.55. The summed E-state index contributed by atoms with van der Waals surface area (Å²) in [7, 11) is 0. The van der Waals surface area contributed by atoms with E-state index < -0.39 is 0 Å². The molecule has 0 unspecified atom stereocenters. The molecule has 4 aliphatic heterocycles. The van der Waals surface area contributed by atoms with Crippen molar-refractivity contribution in [2.75, 3.05) is 29.4 Å². The first-order valence-electron chi connectivity index (χ1n) is 37.6. The van der Waals surface area contributed by atoms with Gasteiger partial charge in [0.15, 0.2) is 0 Å². The summed E-state index contributed by atoms with van der Waals surface area (Å²) in [5, 5.41) is 4.83. The lowest BCUT2D eigenvalue weighted by Crippen LogP contribution is -2.61. The largest absolute Gasteiger partial charge is 0.311 e. The zero-order valence-electron chi connectivity index (χ0n) is 59.5. The lowest BCUT2D eigenvalue weighted by atomic mass is 9.33. The third kappa shape index (κ3) is 9.80. The van der Waals surface area contributed by atoms with Crippen LogP contribution in [0.4, 0.5) is 102 Å². The number of hydrogen-bond donors (Lipinski definition) is 0. The van der Waals surface area contributed by atoms with Gasteiger partial charge in [-0.25, -0.2) is 0 Å². The van der Waals surface area contributed by atoms with Crippen LogP contribution in [0.3, 0.4) is 0 Å². The first-order valence-corrected chi connectivity index (χ1v) is 37.6. The molecule has 0 bridgehead atoms. The SMILES string of the molecule is c1ccc(N(c2ccccc2)c2cc3c4c(c2)N(c2ccccc2)c2cc5c(cc2B4c2ccccc2N3c2ccccc2)c2ccc(-c3ccccc3N(c3ccccc3)c3cc4c6c(c3)N(c3ccccc3)c3ccc7ccccc7c3B6c3ccccc3N4c3ccccc3)cc2n5-c2ccccc2)cc1. The molecule has 0 radical (unpaired) electrons. The molecular weight excluding hydrogens is 1320 g/mol. The smallest absolute Gasteiger partial charge is 0.252 e. The molecule has 7 nitrogen and oxygen atoms in total. The number of anilines is 18. The number of fused-ring (bicyclic) bond motifs is 13. The van der Waals surface area contributed by atoms with E-state index in [0.29, 0.717) is 0 Å². The van der Waals surface area contributed by atoms with Crippen molar-refractivity contribution in [3.05, 3.63) is 406 Å². The number of benzene rings is 17. The summed E-state index contributed by atoms with van der Waals surface area (Å²) in [6.07, 6.45) is 0. The summed E-state index contributed by atoms with van der Waals surface area (Å²) in [6.45, 7) is -0.224. The van der Waals surface area contributed by atoms with Crippen molar-refractivity contribution >= 4 is 181 Å². The van der Waals surface area contributed by atoms with Crippen LogP contribution < -0.4 is 62.2 Å². The summed E-state index contributed by atoms with van der Waals surface area (Å²) in [6, 6.07) is 151. The number of para-hydroxylation sites is 11. The van der Waals surface area contributed by atoms with Gasteiger partial charge in [0.2, 0.25) is 0 Å². The van der Waals surface area contributed by atoms with Gasteiger partial charge < -0.3 is 34.0 Å². The van der Waals surface area contributed by atoms with Gasteiger partial charge in [0.05, 0.1) is 28.1 Å².